The van der Waals surface area contributed by atoms with Crippen LogP contribution < -0.4 is 5.73 Å². The van der Waals surface area contributed by atoms with Gasteiger partial charge in [-0.15, -0.1) is 0 Å². The van der Waals surface area contributed by atoms with Crippen LogP contribution in [0.2, 0.25) is 0 Å². The van der Waals surface area contributed by atoms with E-state index in [4.69, 9.17) is 10.5 Å². The van der Waals surface area contributed by atoms with Gasteiger partial charge in [0.1, 0.15) is 0 Å². The van der Waals surface area contributed by atoms with E-state index in [2.05, 4.69) is 6.92 Å². The Morgan fingerprint density at radius 1 is 1.64 bits per heavy atom. The van der Waals surface area contributed by atoms with Crippen LogP contribution in [0.1, 0.15) is 19.8 Å². The molecular formula is C10H20N2O2. The van der Waals surface area contributed by atoms with Crippen LogP contribution in [0, 0.1) is 5.92 Å². The Morgan fingerprint density at radius 3 is 2.71 bits per heavy atom. The Bertz CT molecular complexity index is 193. The van der Waals surface area contributed by atoms with Crippen molar-refractivity contribution < 1.29 is 9.53 Å². The van der Waals surface area contributed by atoms with Crippen molar-refractivity contribution >= 4 is 5.91 Å². The maximum absolute atomic E-state index is 11.5. The largest absolute Gasteiger partial charge is 0.383 e. The van der Waals surface area contributed by atoms with Crippen molar-refractivity contribution in [2.75, 3.05) is 26.8 Å². The van der Waals surface area contributed by atoms with Crippen molar-refractivity contribution in [3.8, 4) is 0 Å². The fourth-order valence-electron chi connectivity index (χ4n) is 1.70. The van der Waals surface area contributed by atoms with Crippen molar-refractivity contribution in [2.24, 2.45) is 11.7 Å². The van der Waals surface area contributed by atoms with Crippen LogP contribution in [-0.2, 0) is 9.53 Å². The molecule has 0 aromatic rings. The van der Waals surface area contributed by atoms with E-state index in [1.165, 1.54) is 12.8 Å². The molecule has 14 heavy (non-hydrogen) atoms. The summed E-state index contributed by atoms with van der Waals surface area (Å²) in [5, 5.41) is 0. The van der Waals surface area contributed by atoms with Gasteiger partial charge in [-0.3, -0.25) is 4.79 Å². The lowest BCUT2D eigenvalue weighted by molar-refractivity contribution is -0.132. The molecule has 0 radical (unpaired) electrons. The second-order valence-corrected chi connectivity index (χ2v) is 3.86. The van der Waals surface area contributed by atoms with Crippen LogP contribution in [0.5, 0.6) is 0 Å². The van der Waals surface area contributed by atoms with Crippen LogP contribution in [-0.4, -0.2) is 43.7 Å². The number of carbonyl (C=O) groups is 1. The second-order valence-electron chi connectivity index (χ2n) is 3.86. The first-order chi connectivity index (χ1) is 6.70. The van der Waals surface area contributed by atoms with E-state index < -0.39 is 0 Å². The summed E-state index contributed by atoms with van der Waals surface area (Å²) in [6.07, 6.45) is 2.48. The van der Waals surface area contributed by atoms with Gasteiger partial charge >= 0.3 is 0 Å². The van der Waals surface area contributed by atoms with Crippen LogP contribution in [0.3, 0.4) is 0 Å². The molecule has 0 aromatic carbocycles. The molecule has 1 rings (SSSR count). The van der Waals surface area contributed by atoms with E-state index in [1.807, 2.05) is 4.90 Å². The molecule has 0 aromatic heterocycles. The normalized spacial score (nSPS) is 17.9. The number of nitrogens with zero attached hydrogens (tertiary/aromatic N) is 1. The van der Waals surface area contributed by atoms with E-state index >= 15 is 0 Å². The first kappa shape index (κ1) is 11.5. The lowest BCUT2D eigenvalue weighted by atomic mass is 10.2. The molecule has 0 spiro atoms. The molecule has 0 heterocycles. The molecule has 1 unspecified atom stereocenters. The van der Waals surface area contributed by atoms with E-state index in [-0.39, 0.29) is 12.5 Å². The van der Waals surface area contributed by atoms with Crippen molar-refractivity contribution in [2.45, 2.75) is 25.8 Å². The van der Waals surface area contributed by atoms with Crippen molar-refractivity contribution in [1.29, 1.82) is 0 Å². The van der Waals surface area contributed by atoms with E-state index in [0.29, 0.717) is 25.1 Å². The van der Waals surface area contributed by atoms with Gasteiger partial charge in [0.05, 0.1) is 13.2 Å². The average molecular weight is 200 g/mol. The molecule has 1 fully saturated rings. The van der Waals surface area contributed by atoms with Gasteiger partial charge in [-0.25, -0.2) is 0 Å². The van der Waals surface area contributed by atoms with Gasteiger partial charge in [0.25, 0.3) is 0 Å². The zero-order valence-corrected chi connectivity index (χ0v) is 9.03. The third-order valence-electron chi connectivity index (χ3n) is 2.83. The smallest absolute Gasteiger partial charge is 0.236 e. The summed E-state index contributed by atoms with van der Waals surface area (Å²) in [5.74, 6) is 0.712. The summed E-state index contributed by atoms with van der Waals surface area (Å²) in [6, 6.07) is 0.321. The molecular weight excluding hydrogens is 180 g/mol. The van der Waals surface area contributed by atoms with Crippen molar-refractivity contribution in [1.82, 2.24) is 4.90 Å². The minimum Gasteiger partial charge on any atom is -0.383 e. The maximum atomic E-state index is 11.5. The Kier molecular flexibility index (Phi) is 4.35. The predicted octanol–water partition coefficient (Wildman–Crippen LogP) is 0.219. The monoisotopic (exact) mass is 200 g/mol. The average Bonchev–Trinajstić information content (AvgIpc) is 3.00. The summed E-state index contributed by atoms with van der Waals surface area (Å²) in [6.45, 7) is 3.44. The van der Waals surface area contributed by atoms with Gasteiger partial charge in [0.15, 0.2) is 0 Å². The zero-order valence-electron chi connectivity index (χ0n) is 9.03. The molecule has 0 aliphatic heterocycles. The SMILES string of the molecule is COCCN(C(=O)CN)C(C)C1CC1. The molecule has 1 amide bonds. The highest BCUT2D eigenvalue weighted by Crippen LogP contribution is 2.35. The fraction of sp³-hybridized carbons (Fsp3) is 0.900. The summed E-state index contributed by atoms with van der Waals surface area (Å²) < 4.78 is 4.98. The molecule has 1 saturated carbocycles. The molecule has 4 nitrogen and oxygen atoms in total. The van der Waals surface area contributed by atoms with E-state index in [1.54, 1.807) is 7.11 Å². The number of carbonyl (C=O) groups excluding carboxylic acids is 1. The zero-order chi connectivity index (χ0) is 10.6. The highest BCUT2D eigenvalue weighted by atomic mass is 16.5. The lowest BCUT2D eigenvalue weighted by Gasteiger charge is -2.28. The molecule has 0 saturated heterocycles. The summed E-state index contributed by atoms with van der Waals surface area (Å²) in [5.41, 5.74) is 5.37. The Labute approximate surface area is 85.4 Å². The molecule has 4 heteroatoms. The molecule has 2 N–H and O–H groups in total. The summed E-state index contributed by atoms with van der Waals surface area (Å²) in [4.78, 5) is 13.4. The third kappa shape index (κ3) is 2.96. The van der Waals surface area contributed by atoms with Crippen LogP contribution in [0.15, 0.2) is 0 Å². The Balaban J connectivity index is 2.45. The highest BCUT2D eigenvalue weighted by molar-refractivity contribution is 5.78. The van der Waals surface area contributed by atoms with Gasteiger partial charge in [-0.05, 0) is 25.7 Å². The second kappa shape index (κ2) is 5.32. The van der Waals surface area contributed by atoms with Crippen molar-refractivity contribution in [3.63, 3.8) is 0 Å². The lowest BCUT2D eigenvalue weighted by Crippen LogP contribution is -2.44. The number of rotatable bonds is 6. The topological polar surface area (TPSA) is 55.6 Å². The van der Waals surface area contributed by atoms with E-state index in [9.17, 15) is 4.79 Å². The fourth-order valence-corrected chi connectivity index (χ4v) is 1.70. The number of ether oxygens (including phenoxy) is 1. The minimum absolute atomic E-state index is 0.0291. The molecule has 1 aliphatic carbocycles. The predicted molar refractivity (Wildman–Crippen MR) is 54.8 cm³/mol. The quantitative estimate of drug-likeness (QED) is 0.667. The van der Waals surface area contributed by atoms with Crippen LogP contribution in [0.4, 0.5) is 0 Å². The number of nitrogens with two attached hydrogens (primary N) is 1. The Hall–Kier alpha value is -0.610. The number of hydrogen-bond acceptors (Lipinski definition) is 3. The van der Waals surface area contributed by atoms with Gasteiger partial charge in [-0.1, -0.05) is 0 Å². The van der Waals surface area contributed by atoms with Gasteiger partial charge in [-0.2, -0.15) is 0 Å². The molecule has 1 aliphatic rings. The molecule has 82 valence electrons. The standard InChI is InChI=1S/C10H20N2O2/c1-8(9-3-4-9)12(5-6-14-2)10(13)7-11/h8-9H,3-7,11H2,1-2H3. The molecule has 1 atom stereocenters. The van der Waals surface area contributed by atoms with Crippen LogP contribution in [0.25, 0.3) is 0 Å². The first-order valence-corrected chi connectivity index (χ1v) is 5.19. The number of hydrogen-bond donors (Lipinski definition) is 1. The highest BCUT2D eigenvalue weighted by Gasteiger charge is 2.33. The molecule has 0 bridgehead atoms. The number of amides is 1. The van der Waals surface area contributed by atoms with Gasteiger partial charge in [0.2, 0.25) is 5.91 Å². The van der Waals surface area contributed by atoms with Gasteiger partial charge < -0.3 is 15.4 Å². The summed E-state index contributed by atoms with van der Waals surface area (Å²) in [7, 11) is 1.65. The van der Waals surface area contributed by atoms with E-state index in [0.717, 1.165) is 0 Å². The Morgan fingerprint density at radius 2 is 2.29 bits per heavy atom. The minimum atomic E-state index is 0.0291. The van der Waals surface area contributed by atoms with Crippen LogP contribution >= 0.6 is 0 Å². The maximum Gasteiger partial charge on any atom is 0.236 e. The third-order valence-corrected chi connectivity index (χ3v) is 2.83. The number of methoxy groups -OCH3 is 1. The summed E-state index contributed by atoms with van der Waals surface area (Å²) >= 11 is 0. The first-order valence-electron chi connectivity index (χ1n) is 5.19. The van der Waals surface area contributed by atoms with Crippen molar-refractivity contribution in [3.05, 3.63) is 0 Å². The van der Waals surface area contributed by atoms with Gasteiger partial charge in [0, 0.05) is 19.7 Å².